The first kappa shape index (κ1) is 12.4. The summed E-state index contributed by atoms with van der Waals surface area (Å²) in [6.45, 7) is 6.84. The molecule has 17 heavy (non-hydrogen) atoms. The molecule has 2 unspecified atom stereocenters. The minimum absolute atomic E-state index is 0.551. The topological polar surface area (TPSA) is 3.24 Å². The van der Waals surface area contributed by atoms with Gasteiger partial charge in [0.15, 0.2) is 0 Å². The summed E-state index contributed by atoms with van der Waals surface area (Å²) in [5.74, 6) is 0.685. The quantitative estimate of drug-likeness (QED) is 0.711. The molecular formula is C16H23N. The third-order valence-electron chi connectivity index (χ3n) is 3.78. The predicted octanol–water partition coefficient (Wildman–Crippen LogP) is 3.60. The van der Waals surface area contributed by atoms with E-state index in [1.807, 2.05) is 0 Å². The van der Waals surface area contributed by atoms with Crippen molar-refractivity contribution in [1.29, 1.82) is 0 Å². The predicted molar refractivity (Wildman–Crippen MR) is 75.1 cm³/mol. The second-order valence-corrected chi connectivity index (χ2v) is 5.66. The van der Waals surface area contributed by atoms with Gasteiger partial charge in [-0.25, -0.2) is 0 Å². The van der Waals surface area contributed by atoms with Crippen LogP contribution < -0.4 is 0 Å². The molecule has 1 aliphatic rings. The normalized spacial score (nSPS) is 23.8. The van der Waals surface area contributed by atoms with Crippen LogP contribution in [0.25, 0.3) is 5.57 Å². The van der Waals surface area contributed by atoms with Crippen LogP contribution >= 0.6 is 0 Å². The second kappa shape index (κ2) is 4.66. The van der Waals surface area contributed by atoms with Gasteiger partial charge in [0.1, 0.15) is 0 Å². The van der Waals surface area contributed by atoms with E-state index in [2.05, 4.69) is 64.0 Å². The first-order valence-electron chi connectivity index (χ1n) is 6.44. The maximum atomic E-state index is 2.36. The van der Waals surface area contributed by atoms with E-state index in [-0.39, 0.29) is 0 Å². The van der Waals surface area contributed by atoms with Gasteiger partial charge in [-0.05, 0) is 57.0 Å². The molecule has 1 aromatic carbocycles. The summed E-state index contributed by atoms with van der Waals surface area (Å²) in [6, 6.07) is 9.42. The van der Waals surface area contributed by atoms with E-state index < -0.39 is 0 Å². The Kier molecular flexibility index (Phi) is 3.39. The average molecular weight is 229 g/mol. The summed E-state index contributed by atoms with van der Waals surface area (Å²) < 4.78 is 0. The van der Waals surface area contributed by atoms with Crippen molar-refractivity contribution in [3.8, 4) is 0 Å². The SMILES string of the molecule is CC(C)=C1c2ccccc2CC(C)C1N(C)C. The lowest BCUT2D eigenvalue weighted by molar-refractivity contribution is 0.268. The van der Waals surface area contributed by atoms with E-state index in [1.165, 1.54) is 28.7 Å². The van der Waals surface area contributed by atoms with Gasteiger partial charge in [0.05, 0.1) is 0 Å². The molecule has 1 heteroatoms. The third kappa shape index (κ3) is 2.16. The zero-order valence-electron chi connectivity index (χ0n) is 11.6. The molecule has 0 radical (unpaired) electrons. The van der Waals surface area contributed by atoms with Gasteiger partial charge in [-0.3, -0.25) is 0 Å². The minimum Gasteiger partial charge on any atom is -0.302 e. The minimum atomic E-state index is 0.551. The lowest BCUT2D eigenvalue weighted by Gasteiger charge is -2.38. The maximum absolute atomic E-state index is 2.36. The highest BCUT2D eigenvalue weighted by Gasteiger charge is 2.31. The highest BCUT2D eigenvalue weighted by atomic mass is 15.1. The molecule has 2 atom stereocenters. The standard InChI is InChI=1S/C16H23N/c1-11(2)15-14-9-7-6-8-13(14)10-12(3)16(15)17(4)5/h6-9,12,16H,10H2,1-5H3. The van der Waals surface area contributed by atoms with Gasteiger partial charge in [-0.1, -0.05) is 36.8 Å². The Labute approximate surface area is 105 Å². The molecule has 0 fully saturated rings. The van der Waals surface area contributed by atoms with Crippen LogP contribution in [0, 0.1) is 5.92 Å². The van der Waals surface area contributed by atoms with E-state index in [4.69, 9.17) is 0 Å². The Bertz CT molecular complexity index is 439. The summed E-state index contributed by atoms with van der Waals surface area (Å²) in [5, 5.41) is 0. The fourth-order valence-corrected chi connectivity index (χ4v) is 3.20. The smallest absolute Gasteiger partial charge is 0.0376 e. The maximum Gasteiger partial charge on any atom is 0.0376 e. The highest BCUT2D eigenvalue weighted by molar-refractivity contribution is 5.76. The Morgan fingerprint density at radius 2 is 1.82 bits per heavy atom. The van der Waals surface area contributed by atoms with Gasteiger partial charge in [0.25, 0.3) is 0 Å². The van der Waals surface area contributed by atoms with Crippen LogP contribution in [0.2, 0.25) is 0 Å². The number of hydrogen-bond acceptors (Lipinski definition) is 1. The van der Waals surface area contributed by atoms with Gasteiger partial charge in [-0.2, -0.15) is 0 Å². The zero-order chi connectivity index (χ0) is 12.6. The van der Waals surface area contributed by atoms with Crippen molar-refractivity contribution in [2.24, 2.45) is 5.92 Å². The number of allylic oxidation sites excluding steroid dienone is 1. The Balaban J connectivity index is 2.59. The van der Waals surface area contributed by atoms with Crippen molar-refractivity contribution in [1.82, 2.24) is 4.90 Å². The monoisotopic (exact) mass is 229 g/mol. The summed E-state index contributed by atoms with van der Waals surface area (Å²) in [5.41, 5.74) is 5.95. The van der Waals surface area contributed by atoms with Crippen LogP contribution in [0.15, 0.2) is 29.8 Å². The molecule has 0 heterocycles. The van der Waals surface area contributed by atoms with Crippen LogP contribution in [-0.2, 0) is 6.42 Å². The molecule has 1 nitrogen and oxygen atoms in total. The first-order valence-corrected chi connectivity index (χ1v) is 6.44. The van der Waals surface area contributed by atoms with Crippen molar-refractivity contribution in [2.75, 3.05) is 14.1 Å². The average Bonchev–Trinajstić information content (AvgIpc) is 2.26. The van der Waals surface area contributed by atoms with E-state index in [1.54, 1.807) is 0 Å². The van der Waals surface area contributed by atoms with Crippen LogP contribution in [-0.4, -0.2) is 25.0 Å². The van der Waals surface area contributed by atoms with Crippen molar-refractivity contribution in [2.45, 2.75) is 33.2 Å². The van der Waals surface area contributed by atoms with Gasteiger partial charge in [-0.15, -0.1) is 0 Å². The molecule has 1 aromatic rings. The van der Waals surface area contributed by atoms with Crippen LogP contribution in [0.4, 0.5) is 0 Å². The molecular weight excluding hydrogens is 206 g/mol. The highest BCUT2D eigenvalue weighted by Crippen LogP contribution is 2.38. The number of benzene rings is 1. The van der Waals surface area contributed by atoms with Crippen LogP contribution in [0.5, 0.6) is 0 Å². The fourth-order valence-electron chi connectivity index (χ4n) is 3.20. The zero-order valence-corrected chi connectivity index (χ0v) is 11.6. The van der Waals surface area contributed by atoms with Gasteiger partial charge >= 0.3 is 0 Å². The Hall–Kier alpha value is -1.08. The number of hydrogen-bond donors (Lipinski definition) is 0. The number of fused-ring (bicyclic) bond motifs is 1. The molecule has 0 amide bonds. The van der Waals surface area contributed by atoms with Crippen molar-refractivity contribution in [3.05, 3.63) is 41.0 Å². The van der Waals surface area contributed by atoms with Crippen molar-refractivity contribution >= 4 is 5.57 Å². The van der Waals surface area contributed by atoms with Crippen LogP contribution in [0.3, 0.4) is 0 Å². The molecule has 2 rings (SSSR count). The fraction of sp³-hybridized carbons (Fsp3) is 0.500. The van der Waals surface area contributed by atoms with E-state index in [0.29, 0.717) is 12.0 Å². The van der Waals surface area contributed by atoms with Gasteiger partial charge in [0, 0.05) is 6.04 Å². The summed E-state index contributed by atoms with van der Waals surface area (Å²) in [6.07, 6.45) is 1.19. The Morgan fingerprint density at radius 3 is 2.41 bits per heavy atom. The molecule has 92 valence electrons. The lowest BCUT2D eigenvalue weighted by Crippen LogP contribution is -2.39. The molecule has 0 aliphatic heterocycles. The number of rotatable bonds is 1. The lowest BCUT2D eigenvalue weighted by atomic mass is 9.75. The first-order chi connectivity index (χ1) is 8.02. The molecule has 1 aliphatic carbocycles. The summed E-state index contributed by atoms with van der Waals surface area (Å²) in [4.78, 5) is 2.36. The van der Waals surface area contributed by atoms with E-state index >= 15 is 0 Å². The van der Waals surface area contributed by atoms with Crippen molar-refractivity contribution < 1.29 is 0 Å². The number of nitrogens with zero attached hydrogens (tertiary/aromatic N) is 1. The molecule has 0 N–H and O–H groups in total. The second-order valence-electron chi connectivity index (χ2n) is 5.66. The van der Waals surface area contributed by atoms with Crippen LogP contribution in [0.1, 0.15) is 31.9 Å². The third-order valence-corrected chi connectivity index (χ3v) is 3.78. The van der Waals surface area contributed by atoms with Gasteiger partial charge < -0.3 is 4.90 Å². The van der Waals surface area contributed by atoms with Gasteiger partial charge in [0.2, 0.25) is 0 Å². The molecule has 0 saturated heterocycles. The summed E-state index contributed by atoms with van der Waals surface area (Å²) >= 11 is 0. The largest absolute Gasteiger partial charge is 0.302 e. The van der Waals surface area contributed by atoms with E-state index in [9.17, 15) is 0 Å². The molecule has 0 bridgehead atoms. The van der Waals surface area contributed by atoms with Crippen molar-refractivity contribution in [3.63, 3.8) is 0 Å². The Morgan fingerprint density at radius 1 is 1.18 bits per heavy atom. The molecule has 0 saturated carbocycles. The summed E-state index contributed by atoms with van der Waals surface area (Å²) in [7, 11) is 4.38. The molecule has 0 aromatic heterocycles. The number of likely N-dealkylation sites (N-methyl/N-ethyl adjacent to an activating group) is 1. The molecule has 0 spiro atoms. The van der Waals surface area contributed by atoms with E-state index in [0.717, 1.165) is 0 Å².